The van der Waals surface area contributed by atoms with Crippen LogP contribution in [0.2, 0.25) is 0 Å². The van der Waals surface area contributed by atoms with Gasteiger partial charge in [-0.1, -0.05) is 39.5 Å². The second-order valence-electron chi connectivity index (χ2n) is 5.75. The lowest BCUT2D eigenvalue weighted by Crippen LogP contribution is -2.25. The molecule has 0 unspecified atom stereocenters. The Morgan fingerprint density at radius 3 is 2.25 bits per heavy atom. The Kier molecular flexibility index (Phi) is 8.78. The van der Waals surface area contributed by atoms with Crippen LogP contribution in [-0.2, 0) is 10.0 Å². The molecule has 0 aliphatic heterocycles. The van der Waals surface area contributed by atoms with Gasteiger partial charge in [0.05, 0.1) is 10.5 Å². The lowest BCUT2D eigenvalue weighted by molar-refractivity contribution is 0.0697. The van der Waals surface area contributed by atoms with Crippen LogP contribution in [0.25, 0.3) is 0 Å². The number of aromatic carboxylic acids is 1. The van der Waals surface area contributed by atoms with E-state index < -0.39 is 16.0 Å². The molecule has 0 bridgehead atoms. The SMILES string of the molecule is CCCCCNc1ccc(S(=O)(=O)NCCCCC)cc1C(=O)O. The number of unbranched alkanes of at least 4 members (excludes halogenated alkanes) is 4. The third-order valence-corrected chi connectivity index (χ3v) is 5.16. The normalized spacial score (nSPS) is 11.4. The van der Waals surface area contributed by atoms with Gasteiger partial charge in [-0.15, -0.1) is 0 Å². The number of sulfonamides is 1. The Hall–Kier alpha value is -1.60. The van der Waals surface area contributed by atoms with Gasteiger partial charge in [0.25, 0.3) is 0 Å². The van der Waals surface area contributed by atoms with Gasteiger partial charge in [0.15, 0.2) is 0 Å². The Bertz CT molecular complexity index is 629. The first kappa shape index (κ1) is 20.4. The zero-order valence-corrected chi connectivity index (χ0v) is 15.3. The first-order valence-electron chi connectivity index (χ1n) is 8.53. The summed E-state index contributed by atoms with van der Waals surface area (Å²) in [6, 6.07) is 4.18. The van der Waals surface area contributed by atoms with Gasteiger partial charge in [-0.25, -0.2) is 17.9 Å². The molecule has 0 aliphatic rings. The quantitative estimate of drug-likeness (QED) is 0.499. The van der Waals surface area contributed by atoms with E-state index in [1.54, 1.807) is 0 Å². The number of benzene rings is 1. The van der Waals surface area contributed by atoms with E-state index in [0.717, 1.165) is 38.5 Å². The molecule has 0 heterocycles. The van der Waals surface area contributed by atoms with Crippen molar-refractivity contribution in [2.24, 2.45) is 0 Å². The van der Waals surface area contributed by atoms with Crippen LogP contribution in [0.15, 0.2) is 23.1 Å². The highest BCUT2D eigenvalue weighted by molar-refractivity contribution is 7.89. The highest BCUT2D eigenvalue weighted by Gasteiger charge is 2.18. The highest BCUT2D eigenvalue weighted by Crippen LogP contribution is 2.21. The van der Waals surface area contributed by atoms with Gasteiger partial charge in [-0.05, 0) is 31.0 Å². The molecule has 0 saturated carbocycles. The van der Waals surface area contributed by atoms with E-state index >= 15 is 0 Å². The molecule has 1 aromatic rings. The van der Waals surface area contributed by atoms with Crippen molar-refractivity contribution in [1.29, 1.82) is 0 Å². The van der Waals surface area contributed by atoms with Crippen molar-refractivity contribution in [3.8, 4) is 0 Å². The summed E-state index contributed by atoms with van der Waals surface area (Å²) in [7, 11) is -3.68. The molecule has 1 rings (SSSR count). The lowest BCUT2D eigenvalue weighted by atomic mass is 10.1. The van der Waals surface area contributed by atoms with Crippen LogP contribution >= 0.6 is 0 Å². The molecule has 0 amide bonds. The van der Waals surface area contributed by atoms with Gasteiger partial charge < -0.3 is 10.4 Å². The number of rotatable bonds is 12. The number of anilines is 1. The van der Waals surface area contributed by atoms with Crippen LogP contribution in [-0.4, -0.2) is 32.6 Å². The number of carboxylic acids is 1. The van der Waals surface area contributed by atoms with E-state index in [1.165, 1.54) is 18.2 Å². The molecule has 0 atom stereocenters. The lowest BCUT2D eigenvalue weighted by Gasteiger charge is -2.12. The third-order valence-electron chi connectivity index (χ3n) is 3.70. The Labute approximate surface area is 144 Å². The first-order chi connectivity index (χ1) is 11.4. The van der Waals surface area contributed by atoms with Crippen LogP contribution in [0.1, 0.15) is 62.7 Å². The average molecular weight is 356 g/mol. The maximum Gasteiger partial charge on any atom is 0.337 e. The summed E-state index contributed by atoms with van der Waals surface area (Å²) in [6.07, 6.45) is 5.79. The second kappa shape index (κ2) is 10.3. The van der Waals surface area contributed by atoms with Gasteiger partial charge in [0, 0.05) is 18.8 Å². The highest BCUT2D eigenvalue weighted by atomic mass is 32.2. The molecule has 1 aromatic carbocycles. The Morgan fingerprint density at radius 2 is 1.67 bits per heavy atom. The predicted molar refractivity (Wildman–Crippen MR) is 96.1 cm³/mol. The minimum Gasteiger partial charge on any atom is -0.478 e. The van der Waals surface area contributed by atoms with E-state index in [4.69, 9.17) is 0 Å². The summed E-state index contributed by atoms with van der Waals surface area (Å²) in [5, 5.41) is 12.4. The standard InChI is InChI=1S/C17H28N2O4S/c1-3-5-7-11-18-16-10-9-14(13-15(16)17(20)21)24(22,23)19-12-8-6-4-2/h9-10,13,18-19H,3-8,11-12H2,1-2H3,(H,20,21). The fourth-order valence-corrected chi connectivity index (χ4v) is 3.38. The van der Waals surface area contributed by atoms with Crippen molar-refractivity contribution < 1.29 is 18.3 Å². The molecule has 0 aromatic heterocycles. The Balaban J connectivity index is 2.86. The Morgan fingerprint density at radius 1 is 1.04 bits per heavy atom. The minimum atomic E-state index is -3.68. The molecule has 3 N–H and O–H groups in total. The molecule has 136 valence electrons. The largest absolute Gasteiger partial charge is 0.478 e. The second-order valence-corrected chi connectivity index (χ2v) is 7.52. The van der Waals surface area contributed by atoms with Crippen molar-refractivity contribution in [3.63, 3.8) is 0 Å². The van der Waals surface area contributed by atoms with Gasteiger partial charge in [0.1, 0.15) is 0 Å². The van der Waals surface area contributed by atoms with Crippen molar-refractivity contribution in [1.82, 2.24) is 4.72 Å². The zero-order chi connectivity index (χ0) is 18.0. The molecule has 0 saturated heterocycles. The maximum absolute atomic E-state index is 12.3. The summed E-state index contributed by atoms with van der Waals surface area (Å²) >= 11 is 0. The predicted octanol–water partition coefficient (Wildman–Crippen LogP) is 3.46. The number of hydrogen-bond donors (Lipinski definition) is 3. The average Bonchev–Trinajstić information content (AvgIpc) is 2.55. The van der Waals surface area contributed by atoms with E-state index in [1.807, 2.05) is 6.92 Å². The third kappa shape index (κ3) is 6.49. The summed E-state index contributed by atoms with van der Waals surface area (Å²) in [4.78, 5) is 11.4. The van der Waals surface area contributed by atoms with Crippen LogP contribution in [0.4, 0.5) is 5.69 Å². The summed E-state index contributed by atoms with van der Waals surface area (Å²) in [5.41, 5.74) is 0.423. The number of carbonyl (C=O) groups is 1. The summed E-state index contributed by atoms with van der Waals surface area (Å²) in [6.45, 7) is 5.15. The van der Waals surface area contributed by atoms with Gasteiger partial charge in [-0.2, -0.15) is 0 Å². The van der Waals surface area contributed by atoms with Crippen LogP contribution in [0, 0.1) is 0 Å². The van der Waals surface area contributed by atoms with E-state index in [-0.39, 0.29) is 10.5 Å². The van der Waals surface area contributed by atoms with E-state index in [2.05, 4.69) is 17.0 Å². The van der Waals surface area contributed by atoms with Gasteiger partial charge in [0.2, 0.25) is 10.0 Å². The smallest absolute Gasteiger partial charge is 0.337 e. The van der Waals surface area contributed by atoms with Crippen LogP contribution in [0.3, 0.4) is 0 Å². The monoisotopic (exact) mass is 356 g/mol. The molecule has 7 heteroatoms. The summed E-state index contributed by atoms with van der Waals surface area (Å²) < 4.78 is 27.0. The molecule has 0 radical (unpaired) electrons. The zero-order valence-electron chi connectivity index (χ0n) is 14.5. The fraction of sp³-hybridized carbons (Fsp3) is 0.588. The molecule has 24 heavy (non-hydrogen) atoms. The number of carboxylic acid groups (broad SMARTS) is 1. The maximum atomic E-state index is 12.3. The number of hydrogen-bond acceptors (Lipinski definition) is 4. The van der Waals surface area contributed by atoms with Crippen LogP contribution < -0.4 is 10.0 Å². The molecule has 0 fully saturated rings. The van der Waals surface area contributed by atoms with Crippen molar-refractivity contribution in [2.45, 2.75) is 57.3 Å². The van der Waals surface area contributed by atoms with Crippen molar-refractivity contribution >= 4 is 21.7 Å². The number of nitrogens with one attached hydrogen (secondary N) is 2. The van der Waals surface area contributed by atoms with Gasteiger partial charge >= 0.3 is 5.97 Å². The van der Waals surface area contributed by atoms with E-state index in [9.17, 15) is 18.3 Å². The summed E-state index contributed by atoms with van der Waals surface area (Å²) in [5.74, 6) is -1.14. The molecule has 0 spiro atoms. The first-order valence-corrected chi connectivity index (χ1v) is 10.0. The van der Waals surface area contributed by atoms with E-state index in [0.29, 0.717) is 18.8 Å². The van der Waals surface area contributed by atoms with Crippen molar-refractivity contribution in [3.05, 3.63) is 23.8 Å². The molecule has 6 nitrogen and oxygen atoms in total. The van der Waals surface area contributed by atoms with Crippen molar-refractivity contribution in [2.75, 3.05) is 18.4 Å². The minimum absolute atomic E-state index is 0.0180. The molecular formula is C17H28N2O4S. The van der Waals surface area contributed by atoms with Crippen LogP contribution in [0.5, 0.6) is 0 Å². The molecule has 0 aliphatic carbocycles. The fourth-order valence-electron chi connectivity index (χ4n) is 2.28. The molecular weight excluding hydrogens is 328 g/mol. The topological polar surface area (TPSA) is 95.5 Å². The van der Waals surface area contributed by atoms with Gasteiger partial charge in [-0.3, -0.25) is 0 Å².